The van der Waals surface area contributed by atoms with E-state index in [1.807, 2.05) is 30.5 Å². The summed E-state index contributed by atoms with van der Waals surface area (Å²) in [5.41, 5.74) is 10.6. The van der Waals surface area contributed by atoms with E-state index < -0.39 is 0 Å². The Balaban J connectivity index is 1.15. The van der Waals surface area contributed by atoms with Crippen LogP contribution in [0.2, 0.25) is 0 Å². The number of ether oxygens (including phenoxy) is 1. The topological polar surface area (TPSA) is 62.7 Å². The maximum absolute atomic E-state index is 6.62. The van der Waals surface area contributed by atoms with Crippen LogP contribution < -0.4 is 4.74 Å². The minimum Gasteiger partial charge on any atom is -0.237 e. The van der Waals surface area contributed by atoms with E-state index in [0.717, 1.165) is 59.3 Å². The van der Waals surface area contributed by atoms with Gasteiger partial charge in [0.1, 0.15) is 0 Å². The van der Waals surface area contributed by atoms with Gasteiger partial charge in [-0.3, -0.25) is 0 Å². The van der Waals surface area contributed by atoms with Gasteiger partial charge in [0.15, 0.2) is 5.82 Å². The van der Waals surface area contributed by atoms with Gasteiger partial charge in [-0.2, -0.15) is 0 Å². The molecule has 5 aromatic carbocycles. The predicted molar refractivity (Wildman–Crippen MR) is 225 cm³/mol. The number of fused-ring (bicyclic) bond motifs is 4. The number of pyridine rings is 1. The summed E-state index contributed by atoms with van der Waals surface area (Å²) < 4.78 is 14.5. The van der Waals surface area contributed by atoms with Gasteiger partial charge in [0.05, 0.1) is 0 Å². The molecule has 0 aliphatic rings. The molecule has 0 saturated carbocycles. The van der Waals surface area contributed by atoms with Gasteiger partial charge in [0, 0.05) is 24.2 Å². The van der Waals surface area contributed by atoms with Crippen molar-refractivity contribution >= 4 is 32.8 Å². The minimum absolute atomic E-state index is 0.0746. The SMILES string of the molecule is Cc1cc(-n2c3[c-]c(Oc4[c-]c(-n5[c](=[Pt])n(-c6c(C(C)(C)C)cccc6C(C)(C)C)c6ccccc65)ccc4)ccc3c3ccccc32)ncc1-c1ncccn1. The molecule has 0 radical (unpaired) electrons. The molecule has 0 unspecified atom stereocenters. The normalized spacial score (nSPS) is 12.2. The summed E-state index contributed by atoms with van der Waals surface area (Å²) in [5, 5.41) is 2.18. The van der Waals surface area contributed by atoms with Crippen molar-refractivity contribution in [3.63, 3.8) is 0 Å². The van der Waals surface area contributed by atoms with Gasteiger partial charge in [-0.05, 0) is 18.6 Å². The van der Waals surface area contributed by atoms with Crippen molar-refractivity contribution in [3.8, 4) is 40.1 Å². The summed E-state index contributed by atoms with van der Waals surface area (Å²) in [4.78, 5) is 13.8. The molecule has 57 heavy (non-hydrogen) atoms. The fourth-order valence-corrected chi connectivity index (χ4v) is 8.88. The molecular formula is C49H42N6OPt-2. The fraction of sp³-hybridized carbons (Fsp3) is 0.184. The second kappa shape index (κ2) is 13.9. The number of imidazole rings is 1. The number of para-hydroxylation sites is 4. The molecule has 0 atom stereocenters. The van der Waals surface area contributed by atoms with Crippen LogP contribution in [0.25, 0.3) is 61.4 Å². The summed E-state index contributed by atoms with van der Waals surface area (Å²) in [6, 6.07) is 45.0. The Morgan fingerprint density at radius 1 is 0.596 bits per heavy atom. The van der Waals surface area contributed by atoms with Crippen LogP contribution in [-0.4, -0.2) is 28.7 Å². The zero-order valence-corrected chi connectivity index (χ0v) is 35.3. The van der Waals surface area contributed by atoms with E-state index in [2.05, 4.69) is 189 Å². The van der Waals surface area contributed by atoms with E-state index in [-0.39, 0.29) is 10.8 Å². The molecular weight excluding hydrogens is 884 g/mol. The van der Waals surface area contributed by atoms with Crippen molar-refractivity contribution < 1.29 is 24.1 Å². The van der Waals surface area contributed by atoms with Crippen molar-refractivity contribution in [2.75, 3.05) is 0 Å². The third kappa shape index (κ3) is 6.44. The summed E-state index contributed by atoms with van der Waals surface area (Å²) in [5.74, 6) is 2.62. The average molecular weight is 926 g/mol. The quantitative estimate of drug-likeness (QED) is 0.156. The van der Waals surface area contributed by atoms with Crippen LogP contribution in [0.5, 0.6) is 11.5 Å². The summed E-state index contributed by atoms with van der Waals surface area (Å²) >= 11 is 2.48. The van der Waals surface area contributed by atoms with E-state index in [1.54, 1.807) is 12.4 Å². The Morgan fingerprint density at radius 2 is 1.23 bits per heavy atom. The van der Waals surface area contributed by atoms with Gasteiger partial charge >= 0.3 is 275 Å². The Bertz CT molecular complexity index is 3020. The van der Waals surface area contributed by atoms with E-state index in [9.17, 15) is 0 Å². The Labute approximate surface area is 343 Å². The van der Waals surface area contributed by atoms with Gasteiger partial charge in [-0.1, -0.05) is 12.1 Å². The van der Waals surface area contributed by atoms with Crippen LogP contribution in [0, 0.1) is 22.9 Å². The third-order valence-electron chi connectivity index (χ3n) is 10.5. The van der Waals surface area contributed by atoms with Gasteiger partial charge in [-0.25, -0.2) is 9.97 Å². The molecule has 0 fully saturated rings. The smallest absolute Gasteiger partial charge is 0.237 e. The molecule has 7 nitrogen and oxygen atoms in total. The molecule has 9 aromatic rings. The number of rotatable bonds is 6. The van der Waals surface area contributed by atoms with Crippen LogP contribution in [0.3, 0.4) is 0 Å². The van der Waals surface area contributed by atoms with Gasteiger partial charge in [0.2, 0.25) is 0 Å². The number of hydrogen-bond acceptors (Lipinski definition) is 4. The molecule has 0 N–H and O–H groups in total. The first kappa shape index (κ1) is 36.7. The third-order valence-corrected chi connectivity index (χ3v) is 11.5. The Hall–Kier alpha value is -5.91. The van der Waals surface area contributed by atoms with Crippen molar-refractivity contribution in [1.82, 2.24) is 28.7 Å². The first-order valence-corrected chi connectivity index (χ1v) is 20.2. The van der Waals surface area contributed by atoms with Crippen molar-refractivity contribution in [1.29, 1.82) is 0 Å². The molecule has 0 aliphatic carbocycles. The van der Waals surface area contributed by atoms with Gasteiger partial charge in [-0.15, -0.1) is 0 Å². The second-order valence-corrected chi connectivity index (χ2v) is 17.5. The van der Waals surface area contributed by atoms with Crippen LogP contribution in [-0.2, 0) is 30.2 Å². The van der Waals surface area contributed by atoms with Crippen LogP contribution in [0.1, 0.15) is 58.2 Å². The number of benzene rings is 5. The molecule has 286 valence electrons. The Morgan fingerprint density at radius 3 is 1.91 bits per heavy atom. The Kier molecular flexibility index (Phi) is 8.97. The maximum atomic E-state index is 6.62. The molecule has 4 heterocycles. The number of aromatic nitrogens is 6. The van der Waals surface area contributed by atoms with Crippen molar-refractivity contribution in [3.05, 3.63) is 160 Å². The van der Waals surface area contributed by atoms with E-state index in [1.165, 1.54) is 16.8 Å². The van der Waals surface area contributed by atoms with E-state index in [4.69, 9.17) is 9.72 Å². The predicted octanol–water partition coefficient (Wildman–Crippen LogP) is 11.7. The minimum atomic E-state index is -0.0746. The average Bonchev–Trinajstić information content (AvgIpc) is 3.68. The number of nitrogens with zero attached hydrogens (tertiary/aromatic N) is 6. The van der Waals surface area contributed by atoms with E-state index in [0.29, 0.717) is 17.3 Å². The zero-order chi connectivity index (χ0) is 39.6. The number of hydrogen-bond donors (Lipinski definition) is 0. The number of aryl methyl sites for hydroxylation is 1. The molecule has 0 spiro atoms. The molecule has 8 heteroatoms. The van der Waals surface area contributed by atoms with E-state index >= 15 is 0 Å². The first-order valence-electron chi connectivity index (χ1n) is 19.1. The molecule has 0 amide bonds. The fourth-order valence-electron chi connectivity index (χ4n) is 7.80. The second-order valence-electron chi connectivity index (χ2n) is 16.5. The zero-order valence-electron chi connectivity index (χ0n) is 33.0. The van der Waals surface area contributed by atoms with Gasteiger partial charge < -0.3 is 0 Å². The van der Waals surface area contributed by atoms with Crippen molar-refractivity contribution in [2.24, 2.45) is 0 Å². The molecule has 0 aliphatic heterocycles. The molecule has 9 rings (SSSR count). The summed E-state index contributed by atoms with van der Waals surface area (Å²) in [6.45, 7) is 15.8. The standard InChI is InChI=1S/C49H42N6O.Pt/c1-32-27-45(52-30-38(32)47-50-25-14-26-51-47)55-41-20-9-8-17-36(41)37-24-23-35(29-44(37)55)56-34-16-12-15-33(28-34)53-31-54(43-22-11-10-21-42(43)53)46-39(48(2,3)4)18-13-19-40(46)49(5,6)7;/h8-27,30H,1-7H3;/q-2;. The molecule has 0 saturated heterocycles. The summed E-state index contributed by atoms with van der Waals surface area (Å²) in [6.07, 6.45) is 5.35. The first-order chi connectivity index (χ1) is 27.4. The molecule has 0 bridgehead atoms. The van der Waals surface area contributed by atoms with Crippen LogP contribution >= 0.6 is 0 Å². The van der Waals surface area contributed by atoms with Crippen LogP contribution in [0.15, 0.2) is 128 Å². The van der Waals surface area contributed by atoms with Gasteiger partial charge in [0.25, 0.3) is 0 Å². The summed E-state index contributed by atoms with van der Waals surface area (Å²) in [7, 11) is 0. The molecule has 4 aromatic heterocycles. The van der Waals surface area contributed by atoms with Crippen LogP contribution in [0.4, 0.5) is 0 Å². The van der Waals surface area contributed by atoms with Crippen molar-refractivity contribution in [2.45, 2.75) is 59.3 Å². The monoisotopic (exact) mass is 925 g/mol.